The number of carbonyl (C=O) groups excluding carboxylic acids is 2. The molecule has 0 spiro atoms. The van der Waals surface area contributed by atoms with Crippen LogP contribution in [0.4, 0.5) is 0 Å². The lowest BCUT2D eigenvalue weighted by molar-refractivity contribution is 0.0708. The maximum Gasteiger partial charge on any atom is 0.273 e. The van der Waals surface area contributed by atoms with Crippen LogP contribution in [0.1, 0.15) is 50.4 Å². The van der Waals surface area contributed by atoms with E-state index in [-0.39, 0.29) is 17.7 Å². The molecule has 1 aliphatic heterocycles. The number of pyridine rings is 1. The number of thiazole rings is 1. The van der Waals surface area contributed by atoms with E-state index in [0.29, 0.717) is 36.6 Å². The van der Waals surface area contributed by atoms with E-state index in [0.717, 1.165) is 28.6 Å². The second-order valence-corrected chi connectivity index (χ2v) is 9.73. The highest BCUT2D eigenvalue weighted by Gasteiger charge is 2.28. The maximum atomic E-state index is 13.1. The van der Waals surface area contributed by atoms with Gasteiger partial charge in [-0.15, -0.1) is 29.7 Å². The van der Waals surface area contributed by atoms with Gasteiger partial charge in [-0.3, -0.25) is 9.59 Å². The van der Waals surface area contributed by atoms with Gasteiger partial charge in [0.05, 0.1) is 23.4 Å². The third-order valence-corrected chi connectivity index (χ3v) is 7.54. The van der Waals surface area contributed by atoms with Crippen LogP contribution in [-0.4, -0.2) is 57.5 Å². The summed E-state index contributed by atoms with van der Waals surface area (Å²) in [6.45, 7) is 5.46. The summed E-state index contributed by atoms with van der Waals surface area (Å²) in [5.74, 6) is 1.59. The molecule has 2 amide bonds. The zero-order valence-corrected chi connectivity index (χ0v) is 20.1. The number of rotatable bonds is 8. The Hall–Kier alpha value is -2.91. The molecule has 172 valence electrons. The summed E-state index contributed by atoms with van der Waals surface area (Å²) in [5.41, 5.74) is 1.10. The molecule has 3 aromatic heterocycles. The minimum atomic E-state index is -0.123. The number of furan rings is 1. The van der Waals surface area contributed by atoms with Crippen molar-refractivity contribution in [3.63, 3.8) is 0 Å². The predicted octanol–water partition coefficient (Wildman–Crippen LogP) is 4.70. The minimum absolute atomic E-state index is 0.0164. The molecule has 3 aromatic rings. The monoisotopic (exact) mass is 482 g/mol. The second-order valence-electron chi connectivity index (χ2n) is 7.83. The highest BCUT2D eigenvalue weighted by atomic mass is 32.2. The molecule has 4 heterocycles. The van der Waals surface area contributed by atoms with Crippen LogP contribution in [0.2, 0.25) is 0 Å². The molecule has 0 radical (unpaired) electrons. The van der Waals surface area contributed by atoms with Crippen LogP contribution in [0.25, 0.3) is 0 Å². The fourth-order valence-electron chi connectivity index (χ4n) is 3.78. The molecular formula is C24H26N4O3S2. The Balaban J connectivity index is 1.35. The first kappa shape index (κ1) is 23.3. The molecule has 0 bridgehead atoms. The molecule has 0 atom stereocenters. The molecule has 4 rings (SSSR count). The van der Waals surface area contributed by atoms with Crippen LogP contribution in [0, 0.1) is 0 Å². The number of hydrogen-bond donors (Lipinski definition) is 0. The molecule has 1 aliphatic rings. The minimum Gasteiger partial charge on any atom is -0.467 e. The van der Waals surface area contributed by atoms with E-state index in [2.05, 4.69) is 16.5 Å². The molecule has 0 unspecified atom stereocenters. The van der Waals surface area contributed by atoms with Gasteiger partial charge in [-0.05, 0) is 37.1 Å². The average Bonchev–Trinajstić information content (AvgIpc) is 3.54. The lowest BCUT2D eigenvalue weighted by atomic mass is 9.97. The Labute approximate surface area is 201 Å². The van der Waals surface area contributed by atoms with Crippen LogP contribution in [0.5, 0.6) is 0 Å². The molecular weight excluding hydrogens is 456 g/mol. The lowest BCUT2D eigenvalue weighted by Gasteiger charge is -2.31. The van der Waals surface area contributed by atoms with Crippen molar-refractivity contribution in [2.75, 3.05) is 25.9 Å². The van der Waals surface area contributed by atoms with Crippen molar-refractivity contribution >= 4 is 34.9 Å². The van der Waals surface area contributed by atoms with Crippen molar-refractivity contribution < 1.29 is 14.0 Å². The third-order valence-electron chi connectivity index (χ3n) is 5.53. The van der Waals surface area contributed by atoms with Crippen LogP contribution < -0.4 is 0 Å². The molecule has 9 heteroatoms. The zero-order valence-electron chi connectivity index (χ0n) is 18.5. The van der Waals surface area contributed by atoms with E-state index in [9.17, 15) is 9.59 Å². The molecule has 0 saturated carbocycles. The molecule has 0 N–H and O–H groups in total. The number of likely N-dealkylation sites (tertiary alicyclic amines) is 1. The first-order chi connectivity index (χ1) is 16.1. The Bertz CT molecular complexity index is 1100. The fourth-order valence-corrected chi connectivity index (χ4v) is 5.47. The van der Waals surface area contributed by atoms with Gasteiger partial charge in [0.1, 0.15) is 16.5 Å². The van der Waals surface area contributed by atoms with E-state index >= 15 is 0 Å². The summed E-state index contributed by atoms with van der Waals surface area (Å²) in [5, 5.41) is 3.53. The van der Waals surface area contributed by atoms with Crippen LogP contribution in [-0.2, 0) is 6.54 Å². The highest BCUT2D eigenvalue weighted by Crippen LogP contribution is 2.32. The number of aromatic nitrogens is 2. The largest absolute Gasteiger partial charge is 0.467 e. The number of amides is 2. The quantitative estimate of drug-likeness (QED) is 0.342. The van der Waals surface area contributed by atoms with Crippen LogP contribution in [0.15, 0.2) is 64.2 Å². The van der Waals surface area contributed by atoms with Gasteiger partial charge in [-0.1, -0.05) is 6.08 Å². The first-order valence-corrected chi connectivity index (χ1v) is 12.6. The third kappa shape index (κ3) is 5.54. The summed E-state index contributed by atoms with van der Waals surface area (Å²) in [6, 6.07) is 7.29. The molecule has 33 heavy (non-hydrogen) atoms. The van der Waals surface area contributed by atoms with E-state index < -0.39 is 0 Å². The number of piperidine rings is 1. The van der Waals surface area contributed by atoms with Crippen molar-refractivity contribution in [3.8, 4) is 0 Å². The Morgan fingerprint density at radius 3 is 2.88 bits per heavy atom. The average molecular weight is 483 g/mol. The SMILES string of the molecule is C=CCSc1ncccc1C(=O)N1CCC(c2nc(C(=O)N(C)Cc3ccco3)cs2)CC1. The van der Waals surface area contributed by atoms with Crippen molar-refractivity contribution in [1.82, 2.24) is 19.8 Å². The molecule has 1 saturated heterocycles. The highest BCUT2D eigenvalue weighted by molar-refractivity contribution is 7.99. The van der Waals surface area contributed by atoms with E-state index in [4.69, 9.17) is 4.42 Å². The number of hydrogen-bond acceptors (Lipinski definition) is 7. The lowest BCUT2D eigenvalue weighted by Crippen LogP contribution is -2.38. The van der Waals surface area contributed by atoms with Gasteiger partial charge in [0.2, 0.25) is 0 Å². The van der Waals surface area contributed by atoms with E-state index in [1.807, 2.05) is 22.4 Å². The normalized spacial score (nSPS) is 14.3. The standard InChI is InChI=1S/C24H26N4O3S2/c1-3-14-32-22-19(7-4-10-25-22)23(29)28-11-8-17(9-12-28)21-26-20(16-33-21)24(30)27(2)15-18-6-5-13-31-18/h3-7,10,13,16-17H,1,8-9,11-12,14-15H2,2H3. The van der Waals surface area contributed by atoms with Gasteiger partial charge in [-0.2, -0.15) is 0 Å². The van der Waals surface area contributed by atoms with Crippen molar-refractivity contribution in [2.45, 2.75) is 30.3 Å². The van der Waals surface area contributed by atoms with Gasteiger partial charge < -0.3 is 14.2 Å². The number of nitrogens with zero attached hydrogens (tertiary/aromatic N) is 4. The smallest absolute Gasteiger partial charge is 0.273 e. The molecule has 0 aromatic carbocycles. The summed E-state index contributed by atoms with van der Waals surface area (Å²) >= 11 is 3.04. The maximum absolute atomic E-state index is 13.1. The topological polar surface area (TPSA) is 79.5 Å². The van der Waals surface area contributed by atoms with Gasteiger partial charge >= 0.3 is 0 Å². The second kappa shape index (κ2) is 10.8. The van der Waals surface area contributed by atoms with E-state index in [1.165, 1.54) is 23.1 Å². The molecule has 0 aliphatic carbocycles. The van der Waals surface area contributed by atoms with Gasteiger partial charge in [-0.25, -0.2) is 9.97 Å². The van der Waals surface area contributed by atoms with E-state index in [1.54, 1.807) is 42.6 Å². The number of thioether (sulfide) groups is 1. The predicted molar refractivity (Wildman–Crippen MR) is 130 cm³/mol. The van der Waals surface area contributed by atoms with Gasteiger partial charge in [0, 0.05) is 43.4 Å². The van der Waals surface area contributed by atoms with Crippen molar-refractivity contribution in [1.29, 1.82) is 0 Å². The fraction of sp³-hybridized carbons (Fsp3) is 0.333. The summed E-state index contributed by atoms with van der Waals surface area (Å²) in [4.78, 5) is 38.3. The first-order valence-electron chi connectivity index (χ1n) is 10.8. The van der Waals surface area contributed by atoms with Crippen molar-refractivity contribution in [3.05, 3.63) is 76.8 Å². The van der Waals surface area contributed by atoms with Crippen LogP contribution >= 0.6 is 23.1 Å². The van der Waals surface area contributed by atoms with Crippen molar-refractivity contribution in [2.24, 2.45) is 0 Å². The Kier molecular flexibility index (Phi) is 7.61. The molecule has 1 fully saturated rings. The zero-order chi connectivity index (χ0) is 23.2. The number of carbonyl (C=O) groups is 2. The summed E-state index contributed by atoms with van der Waals surface area (Å²) in [6.07, 6.45) is 6.76. The summed E-state index contributed by atoms with van der Waals surface area (Å²) in [7, 11) is 1.74. The summed E-state index contributed by atoms with van der Waals surface area (Å²) < 4.78 is 5.33. The molecule has 7 nitrogen and oxygen atoms in total. The van der Waals surface area contributed by atoms with Crippen LogP contribution in [0.3, 0.4) is 0 Å². The van der Waals surface area contributed by atoms with Gasteiger partial charge in [0.15, 0.2) is 0 Å². The van der Waals surface area contributed by atoms with Gasteiger partial charge in [0.25, 0.3) is 11.8 Å². The Morgan fingerprint density at radius 2 is 2.15 bits per heavy atom. The Morgan fingerprint density at radius 1 is 1.33 bits per heavy atom.